The number of benzene rings is 2. The minimum Gasteiger partial charge on any atom is -0.493 e. The Hall–Kier alpha value is -4.32. The maximum Gasteiger partial charge on any atom is 0.282 e. The molecule has 0 spiro atoms. The molecule has 0 amide bonds. The minimum absolute atomic E-state index is 0.0725. The molecule has 0 aliphatic carbocycles. The van der Waals surface area contributed by atoms with E-state index in [9.17, 15) is 25.3 Å². The number of hydrogen-bond acceptors (Lipinski definition) is 7. The van der Waals surface area contributed by atoms with Crippen LogP contribution in [0.4, 0.5) is 17.1 Å². The molecular weight excluding hydrogens is 398 g/mol. The van der Waals surface area contributed by atoms with Gasteiger partial charge in [0.2, 0.25) is 5.88 Å². The van der Waals surface area contributed by atoms with Gasteiger partial charge in [-0.05, 0) is 38.0 Å². The molecule has 1 atom stereocenters. The fourth-order valence-electron chi connectivity index (χ4n) is 3.24. The highest BCUT2D eigenvalue weighted by Crippen LogP contribution is 2.31. The number of nitrogens with zero attached hydrogens (tertiary/aromatic N) is 5. The molecule has 156 valence electrons. The van der Waals surface area contributed by atoms with Crippen LogP contribution in [0.2, 0.25) is 0 Å². The largest absolute Gasteiger partial charge is 0.493 e. The molecule has 9 heteroatoms. The van der Waals surface area contributed by atoms with Crippen molar-refractivity contribution in [1.82, 2.24) is 4.57 Å². The smallest absolute Gasteiger partial charge is 0.282 e. The summed E-state index contributed by atoms with van der Waals surface area (Å²) < 4.78 is 1.11. The van der Waals surface area contributed by atoms with Gasteiger partial charge in [0.15, 0.2) is 5.69 Å². The van der Waals surface area contributed by atoms with E-state index in [-0.39, 0.29) is 22.5 Å². The van der Waals surface area contributed by atoms with Gasteiger partial charge in [-0.3, -0.25) is 19.5 Å². The number of azo groups is 1. The van der Waals surface area contributed by atoms with Crippen molar-refractivity contribution in [2.45, 2.75) is 26.8 Å². The molecule has 0 aliphatic heterocycles. The van der Waals surface area contributed by atoms with Gasteiger partial charge in [-0.2, -0.15) is 10.4 Å². The highest BCUT2D eigenvalue weighted by Gasteiger charge is 2.23. The summed E-state index contributed by atoms with van der Waals surface area (Å²) in [6.45, 7) is 4.88. The summed E-state index contributed by atoms with van der Waals surface area (Å²) in [7, 11) is 0. The Morgan fingerprint density at radius 3 is 2.42 bits per heavy atom. The van der Waals surface area contributed by atoms with Crippen LogP contribution >= 0.6 is 0 Å². The quantitative estimate of drug-likeness (QED) is 0.355. The molecule has 1 N–H and O–H groups in total. The minimum atomic E-state index is -0.603. The first-order valence-corrected chi connectivity index (χ1v) is 9.36. The Morgan fingerprint density at radius 2 is 1.84 bits per heavy atom. The van der Waals surface area contributed by atoms with Crippen molar-refractivity contribution in [3.63, 3.8) is 0 Å². The third-order valence-electron chi connectivity index (χ3n) is 5.03. The topological polar surface area (TPSA) is 134 Å². The van der Waals surface area contributed by atoms with Crippen LogP contribution in [0.1, 0.15) is 35.2 Å². The lowest BCUT2D eigenvalue weighted by atomic mass is 10.1. The summed E-state index contributed by atoms with van der Waals surface area (Å²) in [4.78, 5) is 23.6. The summed E-state index contributed by atoms with van der Waals surface area (Å²) in [5.41, 5.74) is 0.974. The lowest BCUT2D eigenvalue weighted by molar-refractivity contribution is -0.384. The lowest BCUT2D eigenvalue weighted by Crippen LogP contribution is -2.25. The number of non-ortho nitro benzene ring substituents is 1. The van der Waals surface area contributed by atoms with E-state index in [4.69, 9.17) is 0 Å². The fraction of sp³-hybridized carbons (Fsp3) is 0.182. The van der Waals surface area contributed by atoms with E-state index in [0.29, 0.717) is 11.3 Å². The number of nitro benzene ring substituents is 1. The van der Waals surface area contributed by atoms with E-state index in [1.165, 1.54) is 25.1 Å². The Morgan fingerprint density at radius 1 is 1.16 bits per heavy atom. The molecule has 1 heterocycles. The van der Waals surface area contributed by atoms with E-state index < -0.39 is 22.4 Å². The summed E-state index contributed by atoms with van der Waals surface area (Å²) in [6, 6.07) is 14.5. The SMILES string of the molecule is Cc1cc([N+](=O)[O-])ccc1N=Nc1c(C)c(C#N)c(O)n(C(C)c2ccccc2)c1=O. The summed E-state index contributed by atoms with van der Waals surface area (Å²) in [6.07, 6.45) is 0. The van der Waals surface area contributed by atoms with Crippen molar-refractivity contribution in [2.24, 2.45) is 10.2 Å². The van der Waals surface area contributed by atoms with Crippen LogP contribution in [0.25, 0.3) is 0 Å². The third kappa shape index (κ3) is 4.04. The Kier molecular flexibility index (Phi) is 5.93. The Bertz CT molecular complexity index is 1290. The van der Waals surface area contributed by atoms with Gasteiger partial charge in [0.05, 0.1) is 16.7 Å². The number of rotatable bonds is 5. The molecule has 0 bridgehead atoms. The number of nitriles is 1. The predicted molar refractivity (Wildman–Crippen MR) is 114 cm³/mol. The van der Waals surface area contributed by atoms with Crippen molar-refractivity contribution in [3.8, 4) is 11.9 Å². The molecule has 1 aromatic heterocycles. The predicted octanol–water partition coefficient (Wildman–Crippen LogP) is 4.98. The number of aryl methyl sites for hydroxylation is 1. The van der Waals surface area contributed by atoms with Crippen LogP contribution in [-0.4, -0.2) is 14.6 Å². The first kappa shape index (κ1) is 21.4. The monoisotopic (exact) mass is 417 g/mol. The van der Waals surface area contributed by atoms with Crippen LogP contribution in [0.5, 0.6) is 5.88 Å². The molecule has 0 fully saturated rings. The van der Waals surface area contributed by atoms with E-state index in [1.807, 2.05) is 36.4 Å². The summed E-state index contributed by atoms with van der Waals surface area (Å²) in [5, 5.41) is 39.2. The highest BCUT2D eigenvalue weighted by molar-refractivity contribution is 5.58. The van der Waals surface area contributed by atoms with Gasteiger partial charge >= 0.3 is 0 Å². The Balaban J connectivity index is 2.15. The zero-order valence-electron chi connectivity index (χ0n) is 17.1. The fourth-order valence-corrected chi connectivity index (χ4v) is 3.24. The summed E-state index contributed by atoms with van der Waals surface area (Å²) >= 11 is 0. The molecule has 0 aliphatic rings. The molecule has 0 radical (unpaired) electrons. The van der Waals surface area contributed by atoms with Crippen molar-refractivity contribution < 1.29 is 10.0 Å². The maximum atomic E-state index is 13.2. The van der Waals surface area contributed by atoms with Crippen molar-refractivity contribution in [2.75, 3.05) is 0 Å². The number of aromatic hydroxyl groups is 1. The third-order valence-corrected chi connectivity index (χ3v) is 5.03. The second-order valence-corrected chi connectivity index (χ2v) is 6.97. The zero-order valence-corrected chi connectivity index (χ0v) is 17.1. The van der Waals surface area contributed by atoms with E-state index in [1.54, 1.807) is 13.8 Å². The van der Waals surface area contributed by atoms with E-state index >= 15 is 0 Å². The van der Waals surface area contributed by atoms with Gasteiger partial charge in [-0.25, -0.2) is 0 Å². The second kappa shape index (κ2) is 8.59. The highest BCUT2D eigenvalue weighted by atomic mass is 16.6. The van der Waals surface area contributed by atoms with Gasteiger partial charge in [-0.15, -0.1) is 5.11 Å². The van der Waals surface area contributed by atoms with Crippen LogP contribution in [0.3, 0.4) is 0 Å². The normalized spacial score (nSPS) is 11.9. The second-order valence-electron chi connectivity index (χ2n) is 6.97. The molecule has 2 aromatic carbocycles. The number of aromatic nitrogens is 1. The molecule has 0 saturated heterocycles. The van der Waals surface area contributed by atoms with Gasteiger partial charge in [0.25, 0.3) is 11.2 Å². The molecule has 1 unspecified atom stereocenters. The van der Waals surface area contributed by atoms with Crippen LogP contribution in [-0.2, 0) is 0 Å². The van der Waals surface area contributed by atoms with E-state index in [2.05, 4.69) is 10.2 Å². The molecular formula is C22H19N5O4. The molecule has 31 heavy (non-hydrogen) atoms. The molecule has 9 nitrogen and oxygen atoms in total. The Labute approximate surface area is 177 Å². The van der Waals surface area contributed by atoms with Crippen molar-refractivity contribution in [3.05, 3.63) is 91.3 Å². The molecule has 3 aromatic rings. The number of hydrogen-bond donors (Lipinski definition) is 1. The van der Waals surface area contributed by atoms with E-state index in [0.717, 1.165) is 10.1 Å². The van der Waals surface area contributed by atoms with Gasteiger partial charge < -0.3 is 5.11 Å². The van der Waals surface area contributed by atoms with Gasteiger partial charge in [-0.1, -0.05) is 30.3 Å². The van der Waals surface area contributed by atoms with Crippen LogP contribution < -0.4 is 5.56 Å². The molecule has 0 saturated carbocycles. The first-order chi connectivity index (χ1) is 14.8. The van der Waals surface area contributed by atoms with Crippen LogP contribution in [0, 0.1) is 35.3 Å². The lowest BCUT2D eigenvalue weighted by Gasteiger charge is -2.19. The zero-order chi connectivity index (χ0) is 22.7. The van der Waals surface area contributed by atoms with Gasteiger partial charge in [0, 0.05) is 17.7 Å². The summed E-state index contributed by atoms with van der Waals surface area (Å²) in [5.74, 6) is -0.438. The van der Waals surface area contributed by atoms with Crippen molar-refractivity contribution in [1.29, 1.82) is 5.26 Å². The van der Waals surface area contributed by atoms with Crippen molar-refractivity contribution >= 4 is 17.1 Å². The van der Waals surface area contributed by atoms with Crippen LogP contribution in [0.15, 0.2) is 63.6 Å². The average Bonchev–Trinajstić information content (AvgIpc) is 2.75. The van der Waals surface area contributed by atoms with Gasteiger partial charge in [0.1, 0.15) is 11.6 Å². The first-order valence-electron chi connectivity index (χ1n) is 9.36. The standard InChI is InChI=1S/C22H19N5O4/c1-13-11-17(27(30)31)9-10-19(13)24-25-20-14(2)18(12-23)21(28)26(22(20)29)15(3)16-7-5-4-6-8-16/h4-11,15,28H,1-3H3. The number of nitro groups is 1. The average molecular weight is 417 g/mol. The maximum absolute atomic E-state index is 13.2. The molecule has 3 rings (SSSR count). The number of pyridine rings is 1.